The maximum Gasteiger partial charge on any atom is 0.265 e. The quantitative estimate of drug-likeness (QED) is 0.603. The van der Waals surface area contributed by atoms with E-state index in [1.54, 1.807) is 37.4 Å². The topological polar surface area (TPSA) is 76.7 Å². The summed E-state index contributed by atoms with van der Waals surface area (Å²) < 4.78 is 10.2. The average Bonchev–Trinajstić information content (AvgIpc) is 3.17. The molecule has 1 aromatic carbocycles. The SMILES string of the molecule is COCCOCCCNC(=O)c1ccc(Cl)c(NC(=O)c2cccs2)c1. The van der Waals surface area contributed by atoms with E-state index >= 15 is 0 Å². The minimum atomic E-state index is -0.257. The van der Waals surface area contributed by atoms with Gasteiger partial charge in [-0.1, -0.05) is 17.7 Å². The summed E-state index contributed by atoms with van der Waals surface area (Å²) >= 11 is 7.46. The van der Waals surface area contributed by atoms with Crippen molar-refractivity contribution < 1.29 is 19.1 Å². The molecular weight excluding hydrogens is 376 g/mol. The normalized spacial score (nSPS) is 10.5. The maximum atomic E-state index is 12.2. The molecule has 0 aliphatic heterocycles. The second-order valence-electron chi connectivity index (χ2n) is 5.34. The van der Waals surface area contributed by atoms with Gasteiger partial charge < -0.3 is 20.1 Å². The van der Waals surface area contributed by atoms with Crippen LogP contribution in [0.25, 0.3) is 0 Å². The van der Waals surface area contributed by atoms with Crippen LogP contribution in [0.3, 0.4) is 0 Å². The summed E-state index contributed by atoms with van der Waals surface area (Å²) in [6.07, 6.45) is 0.699. The van der Waals surface area contributed by atoms with Crippen LogP contribution in [0.2, 0.25) is 5.02 Å². The average molecular weight is 397 g/mol. The zero-order valence-electron chi connectivity index (χ0n) is 14.4. The van der Waals surface area contributed by atoms with Crippen LogP contribution in [0.15, 0.2) is 35.7 Å². The smallest absolute Gasteiger partial charge is 0.265 e. The van der Waals surface area contributed by atoms with Crippen molar-refractivity contribution in [1.29, 1.82) is 0 Å². The Kier molecular flexibility index (Phi) is 8.57. The molecule has 1 aromatic heterocycles. The van der Waals surface area contributed by atoms with Crippen molar-refractivity contribution >= 4 is 40.4 Å². The lowest BCUT2D eigenvalue weighted by Crippen LogP contribution is -2.25. The summed E-state index contributed by atoms with van der Waals surface area (Å²) in [5.41, 5.74) is 0.830. The van der Waals surface area contributed by atoms with Crippen molar-refractivity contribution in [3.63, 3.8) is 0 Å². The Morgan fingerprint density at radius 3 is 2.73 bits per heavy atom. The number of anilines is 1. The molecule has 0 radical (unpaired) electrons. The Morgan fingerprint density at radius 1 is 1.15 bits per heavy atom. The van der Waals surface area contributed by atoms with Gasteiger partial charge in [-0.2, -0.15) is 0 Å². The number of hydrogen-bond acceptors (Lipinski definition) is 5. The van der Waals surface area contributed by atoms with Gasteiger partial charge >= 0.3 is 0 Å². The van der Waals surface area contributed by atoms with Crippen LogP contribution < -0.4 is 10.6 Å². The lowest BCUT2D eigenvalue weighted by atomic mass is 10.2. The number of halogens is 1. The first-order chi connectivity index (χ1) is 12.6. The van der Waals surface area contributed by atoms with E-state index in [1.165, 1.54) is 11.3 Å². The first-order valence-electron chi connectivity index (χ1n) is 8.11. The second-order valence-corrected chi connectivity index (χ2v) is 6.70. The Bertz CT molecular complexity index is 722. The third kappa shape index (κ3) is 6.42. The molecule has 0 bridgehead atoms. The zero-order valence-corrected chi connectivity index (χ0v) is 16.0. The van der Waals surface area contributed by atoms with Gasteiger partial charge in [0.05, 0.1) is 28.8 Å². The molecule has 0 spiro atoms. The Balaban J connectivity index is 1.85. The van der Waals surface area contributed by atoms with Crippen LogP contribution in [-0.2, 0) is 9.47 Å². The first-order valence-corrected chi connectivity index (χ1v) is 9.37. The number of nitrogens with one attached hydrogen (secondary N) is 2. The van der Waals surface area contributed by atoms with Gasteiger partial charge in [-0.15, -0.1) is 11.3 Å². The third-order valence-corrected chi connectivity index (χ3v) is 4.60. The Hall–Kier alpha value is -1.93. The molecule has 8 heteroatoms. The van der Waals surface area contributed by atoms with Gasteiger partial charge in [-0.3, -0.25) is 9.59 Å². The molecule has 1 heterocycles. The van der Waals surface area contributed by atoms with Crippen molar-refractivity contribution in [3.05, 3.63) is 51.2 Å². The van der Waals surface area contributed by atoms with Gasteiger partial charge in [-0.05, 0) is 36.1 Å². The summed E-state index contributed by atoms with van der Waals surface area (Å²) in [5, 5.41) is 7.74. The molecule has 26 heavy (non-hydrogen) atoms. The molecule has 0 aliphatic carbocycles. The summed E-state index contributed by atoms with van der Waals surface area (Å²) in [4.78, 5) is 25.0. The number of carbonyl (C=O) groups is 2. The maximum absolute atomic E-state index is 12.2. The van der Waals surface area contributed by atoms with Crippen LogP contribution in [0, 0.1) is 0 Å². The van der Waals surface area contributed by atoms with Gasteiger partial charge in [0.1, 0.15) is 0 Å². The number of benzene rings is 1. The molecular formula is C18H21ClN2O4S. The minimum absolute atomic E-state index is 0.231. The fourth-order valence-corrected chi connectivity index (χ4v) is 2.86. The van der Waals surface area contributed by atoms with E-state index in [0.717, 1.165) is 0 Å². The van der Waals surface area contributed by atoms with Crippen molar-refractivity contribution in [3.8, 4) is 0 Å². The molecule has 140 valence electrons. The van der Waals surface area contributed by atoms with Gasteiger partial charge in [-0.25, -0.2) is 0 Å². The van der Waals surface area contributed by atoms with Crippen molar-refractivity contribution in [2.75, 3.05) is 38.8 Å². The fraction of sp³-hybridized carbons (Fsp3) is 0.333. The summed E-state index contributed by atoms with van der Waals surface area (Å²) in [6.45, 7) is 2.13. The molecule has 0 unspecified atom stereocenters. The number of amides is 2. The lowest BCUT2D eigenvalue weighted by molar-refractivity contribution is 0.0688. The molecule has 2 amide bonds. The van der Waals surface area contributed by atoms with Crippen LogP contribution >= 0.6 is 22.9 Å². The lowest BCUT2D eigenvalue weighted by Gasteiger charge is -2.10. The van der Waals surface area contributed by atoms with Crippen LogP contribution in [-0.4, -0.2) is 45.3 Å². The van der Waals surface area contributed by atoms with Gasteiger partial charge in [0.25, 0.3) is 11.8 Å². The number of hydrogen-bond donors (Lipinski definition) is 2. The van der Waals surface area contributed by atoms with Gasteiger partial charge in [0.2, 0.25) is 0 Å². The molecule has 0 aliphatic rings. The van der Waals surface area contributed by atoms with E-state index in [2.05, 4.69) is 10.6 Å². The highest BCUT2D eigenvalue weighted by Gasteiger charge is 2.12. The zero-order chi connectivity index (χ0) is 18.8. The largest absolute Gasteiger partial charge is 0.382 e. The molecule has 0 saturated carbocycles. The highest BCUT2D eigenvalue weighted by atomic mass is 35.5. The van der Waals surface area contributed by atoms with E-state index in [1.807, 2.05) is 5.38 Å². The third-order valence-electron chi connectivity index (χ3n) is 3.40. The molecule has 2 aromatic rings. The second kappa shape index (κ2) is 10.9. The molecule has 2 rings (SSSR count). The van der Waals surface area contributed by atoms with Gasteiger partial charge in [0.15, 0.2) is 0 Å². The monoisotopic (exact) mass is 396 g/mol. The predicted octanol–water partition coefficient (Wildman–Crippen LogP) is 3.44. The first kappa shape index (κ1) is 20.4. The minimum Gasteiger partial charge on any atom is -0.382 e. The van der Waals surface area contributed by atoms with Crippen molar-refractivity contribution in [2.24, 2.45) is 0 Å². The number of methoxy groups -OCH3 is 1. The highest BCUT2D eigenvalue weighted by molar-refractivity contribution is 7.12. The standard InChI is InChI=1S/C18H21ClN2O4S/c1-24-9-10-25-8-3-7-20-17(22)13-5-6-14(19)15(12-13)21-18(23)16-4-2-11-26-16/h2,4-6,11-12H,3,7-10H2,1H3,(H,20,22)(H,21,23). The van der Waals surface area contributed by atoms with Crippen LogP contribution in [0.5, 0.6) is 0 Å². The molecule has 2 N–H and O–H groups in total. The number of thiophene rings is 1. The van der Waals surface area contributed by atoms with Crippen LogP contribution in [0.1, 0.15) is 26.5 Å². The van der Waals surface area contributed by atoms with Crippen LogP contribution in [0.4, 0.5) is 5.69 Å². The highest BCUT2D eigenvalue weighted by Crippen LogP contribution is 2.24. The molecule has 0 saturated heterocycles. The molecule has 0 fully saturated rings. The number of ether oxygens (including phenoxy) is 2. The van der Waals surface area contributed by atoms with E-state index < -0.39 is 0 Å². The van der Waals surface area contributed by atoms with E-state index in [4.69, 9.17) is 21.1 Å². The van der Waals surface area contributed by atoms with Crippen molar-refractivity contribution in [2.45, 2.75) is 6.42 Å². The summed E-state index contributed by atoms with van der Waals surface area (Å²) in [5.74, 6) is -0.488. The van der Waals surface area contributed by atoms with E-state index in [-0.39, 0.29) is 11.8 Å². The van der Waals surface area contributed by atoms with Gasteiger partial charge in [0, 0.05) is 25.8 Å². The summed E-state index contributed by atoms with van der Waals surface area (Å²) in [7, 11) is 1.62. The number of carbonyl (C=O) groups excluding carboxylic acids is 2. The Morgan fingerprint density at radius 2 is 2.00 bits per heavy atom. The Labute approximate surface area is 161 Å². The van der Waals surface area contributed by atoms with E-state index in [0.29, 0.717) is 53.9 Å². The van der Waals surface area contributed by atoms with E-state index in [9.17, 15) is 9.59 Å². The summed E-state index contributed by atoms with van der Waals surface area (Å²) in [6, 6.07) is 8.30. The molecule has 6 nitrogen and oxygen atoms in total. The van der Waals surface area contributed by atoms with Crippen molar-refractivity contribution in [1.82, 2.24) is 5.32 Å². The fourth-order valence-electron chi connectivity index (χ4n) is 2.08. The number of rotatable bonds is 10. The predicted molar refractivity (Wildman–Crippen MR) is 103 cm³/mol. The molecule has 0 atom stereocenters.